The summed E-state index contributed by atoms with van der Waals surface area (Å²) >= 11 is 0. The van der Waals surface area contributed by atoms with Crippen LogP contribution in [0, 0.1) is 11.8 Å². The molecule has 1 aromatic heterocycles. The van der Waals surface area contributed by atoms with Gasteiger partial charge >= 0.3 is 0 Å². The summed E-state index contributed by atoms with van der Waals surface area (Å²) in [5.41, 5.74) is 0.478. The Labute approximate surface area is 143 Å². The first-order valence-corrected chi connectivity index (χ1v) is 9.22. The number of aromatic amines is 1. The highest BCUT2D eigenvalue weighted by molar-refractivity contribution is 5.76. The molecular formula is C18H28N4O2. The molecule has 1 aliphatic carbocycles. The summed E-state index contributed by atoms with van der Waals surface area (Å²) in [6.07, 6.45) is 7.64. The van der Waals surface area contributed by atoms with Crippen molar-refractivity contribution in [3.63, 3.8) is 0 Å². The number of hydrogen-bond donors (Lipinski definition) is 2. The molecule has 0 radical (unpaired) electrons. The van der Waals surface area contributed by atoms with Crippen LogP contribution in [0.3, 0.4) is 0 Å². The molecule has 1 saturated heterocycles. The van der Waals surface area contributed by atoms with E-state index in [9.17, 15) is 9.59 Å². The zero-order valence-electron chi connectivity index (χ0n) is 14.5. The topological polar surface area (TPSA) is 78.1 Å². The maximum absolute atomic E-state index is 12.0. The van der Waals surface area contributed by atoms with E-state index in [0.29, 0.717) is 30.5 Å². The molecule has 2 aliphatic rings. The number of rotatable bonds is 5. The van der Waals surface area contributed by atoms with E-state index in [1.807, 2.05) is 0 Å². The molecule has 2 fully saturated rings. The first-order chi connectivity index (χ1) is 11.6. The van der Waals surface area contributed by atoms with Crippen molar-refractivity contribution < 1.29 is 4.79 Å². The highest BCUT2D eigenvalue weighted by Crippen LogP contribution is 2.27. The molecular weight excluding hydrogens is 304 g/mol. The summed E-state index contributed by atoms with van der Waals surface area (Å²) in [5.74, 6) is 1.96. The third kappa shape index (κ3) is 4.58. The maximum Gasteiger partial charge on any atom is 0.252 e. The summed E-state index contributed by atoms with van der Waals surface area (Å²) < 4.78 is 0. The van der Waals surface area contributed by atoms with Crippen molar-refractivity contribution in [2.45, 2.75) is 58.4 Å². The summed E-state index contributed by atoms with van der Waals surface area (Å²) in [5, 5.41) is 2.92. The minimum absolute atomic E-state index is 0.0670. The van der Waals surface area contributed by atoms with Crippen molar-refractivity contribution in [1.82, 2.24) is 15.3 Å². The van der Waals surface area contributed by atoms with Gasteiger partial charge in [-0.25, -0.2) is 4.98 Å². The molecule has 132 valence electrons. The second kappa shape index (κ2) is 7.81. The average molecular weight is 332 g/mol. The van der Waals surface area contributed by atoms with Gasteiger partial charge in [-0.05, 0) is 37.5 Å². The van der Waals surface area contributed by atoms with Crippen LogP contribution in [0.25, 0.3) is 0 Å². The highest BCUT2D eigenvalue weighted by atomic mass is 16.1. The van der Waals surface area contributed by atoms with Crippen LogP contribution >= 0.6 is 0 Å². The number of H-pyrrole nitrogens is 1. The van der Waals surface area contributed by atoms with Crippen molar-refractivity contribution in [1.29, 1.82) is 0 Å². The lowest BCUT2D eigenvalue weighted by Crippen LogP contribution is -2.35. The molecule has 0 atom stereocenters. The Morgan fingerprint density at radius 1 is 1.29 bits per heavy atom. The van der Waals surface area contributed by atoms with Crippen LogP contribution in [0.15, 0.2) is 10.9 Å². The van der Waals surface area contributed by atoms with Gasteiger partial charge in [0.2, 0.25) is 11.9 Å². The van der Waals surface area contributed by atoms with Crippen LogP contribution in [-0.2, 0) is 11.3 Å². The van der Waals surface area contributed by atoms with Gasteiger partial charge in [-0.2, -0.15) is 0 Å². The first-order valence-electron chi connectivity index (χ1n) is 9.22. The Bertz CT molecular complexity index is 614. The van der Waals surface area contributed by atoms with E-state index in [1.165, 1.54) is 18.9 Å². The van der Waals surface area contributed by atoms with Gasteiger partial charge in [0.05, 0.1) is 12.2 Å². The quantitative estimate of drug-likeness (QED) is 0.866. The van der Waals surface area contributed by atoms with Crippen LogP contribution < -0.4 is 15.8 Å². The Hall–Kier alpha value is -1.85. The molecule has 2 heterocycles. The Morgan fingerprint density at radius 2 is 2.00 bits per heavy atom. The maximum atomic E-state index is 12.0. The highest BCUT2D eigenvalue weighted by Gasteiger charge is 2.20. The molecule has 0 spiro atoms. The molecule has 6 nitrogen and oxygen atoms in total. The minimum atomic E-state index is -0.154. The molecule has 24 heavy (non-hydrogen) atoms. The summed E-state index contributed by atoms with van der Waals surface area (Å²) in [7, 11) is 0. The van der Waals surface area contributed by atoms with E-state index in [1.54, 1.807) is 0 Å². The molecule has 1 saturated carbocycles. The number of carbonyl (C=O) groups is 1. The predicted octanol–water partition coefficient (Wildman–Crippen LogP) is 2.20. The Morgan fingerprint density at radius 3 is 2.71 bits per heavy atom. The average Bonchev–Trinajstić information content (AvgIpc) is 3.06. The van der Waals surface area contributed by atoms with Gasteiger partial charge in [0.25, 0.3) is 5.56 Å². The van der Waals surface area contributed by atoms with Gasteiger partial charge < -0.3 is 10.2 Å². The largest absolute Gasteiger partial charge is 0.350 e. The molecule has 0 unspecified atom stereocenters. The zero-order chi connectivity index (χ0) is 16.9. The lowest BCUT2D eigenvalue weighted by Gasteiger charge is -2.30. The fourth-order valence-electron chi connectivity index (χ4n) is 3.69. The summed E-state index contributed by atoms with van der Waals surface area (Å²) in [4.78, 5) is 33.4. The van der Waals surface area contributed by atoms with Crippen LogP contribution in [0.2, 0.25) is 0 Å². The smallest absolute Gasteiger partial charge is 0.252 e. The fraction of sp³-hybridized carbons (Fsp3) is 0.722. The van der Waals surface area contributed by atoms with Crippen LogP contribution in [0.5, 0.6) is 0 Å². The number of piperidine rings is 1. The van der Waals surface area contributed by atoms with Gasteiger partial charge in [-0.3, -0.25) is 14.6 Å². The standard InChI is InChI=1S/C18H28N4O2/c1-13-6-8-22(9-7-13)18-20-15(11-17(24)21-18)12-19-16(23)10-14-4-2-3-5-14/h11,13-14H,2-10,12H2,1H3,(H,19,23)(H,20,21,24). The third-order valence-electron chi connectivity index (χ3n) is 5.28. The lowest BCUT2D eigenvalue weighted by atomic mass is 10.00. The van der Waals surface area contributed by atoms with Gasteiger partial charge in [-0.15, -0.1) is 0 Å². The number of hydrogen-bond acceptors (Lipinski definition) is 4. The van der Waals surface area contributed by atoms with E-state index in [-0.39, 0.29) is 11.5 Å². The van der Waals surface area contributed by atoms with E-state index < -0.39 is 0 Å². The number of nitrogens with zero attached hydrogens (tertiary/aromatic N) is 2. The van der Waals surface area contributed by atoms with E-state index in [0.717, 1.165) is 44.7 Å². The van der Waals surface area contributed by atoms with Crippen molar-refractivity contribution in [2.24, 2.45) is 11.8 Å². The van der Waals surface area contributed by atoms with Crippen molar-refractivity contribution >= 4 is 11.9 Å². The second-order valence-corrected chi connectivity index (χ2v) is 7.36. The van der Waals surface area contributed by atoms with E-state index in [2.05, 4.69) is 27.1 Å². The number of nitrogens with one attached hydrogen (secondary N) is 2. The number of amides is 1. The van der Waals surface area contributed by atoms with Crippen molar-refractivity contribution in [3.8, 4) is 0 Å². The SMILES string of the molecule is CC1CCN(c2nc(CNC(=O)CC3CCCC3)cc(=O)[nH]2)CC1. The summed E-state index contributed by atoms with van der Waals surface area (Å²) in [6.45, 7) is 4.42. The monoisotopic (exact) mass is 332 g/mol. The Kier molecular flexibility index (Phi) is 5.53. The lowest BCUT2D eigenvalue weighted by molar-refractivity contribution is -0.122. The minimum Gasteiger partial charge on any atom is -0.350 e. The predicted molar refractivity (Wildman–Crippen MR) is 93.9 cm³/mol. The molecule has 0 bridgehead atoms. The zero-order valence-corrected chi connectivity index (χ0v) is 14.5. The molecule has 6 heteroatoms. The van der Waals surface area contributed by atoms with Gasteiger partial charge in [-0.1, -0.05) is 19.8 Å². The Balaban J connectivity index is 1.57. The third-order valence-corrected chi connectivity index (χ3v) is 5.28. The molecule has 0 aromatic carbocycles. The summed E-state index contributed by atoms with van der Waals surface area (Å²) in [6, 6.07) is 1.48. The van der Waals surface area contributed by atoms with Crippen LogP contribution in [0.4, 0.5) is 5.95 Å². The molecule has 1 aromatic rings. The fourth-order valence-corrected chi connectivity index (χ4v) is 3.69. The normalized spacial score (nSPS) is 19.6. The second-order valence-electron chi connectivity index (χ2n) is 7.36. The van der Waals surface area contributed by atoms with Crippen molar-refractivity contribution in [2.75, 3.05) is 18.0 Å². The van der Waals surface area contributed by atoms with Gasteiger partial charge in [0, 0.05) is 25.6 Å². The number of carbonyl (C=O) groups excluding carboxylic acids is 1. The molecule has 1 amide bonds. The molecule has 2 N–H and O–H groups in total. The molecule has 3 rings (SSSR count). The van der Waals surface area contributed by atoms with Crippen LogP contribution in [0.1, 0.15) is 57.6 Å². The van der Waals surface area contributed by atoms with E-state index in [4.69, 9.17) is 0 Å². The number of anilines is 1. The van der Waals surface area contributed by atoms with Crippen molar-refractivity contribution in [3.05, 3.63) is 22.1 Å². The van der Waals surface area contributed by atoms with E-state index >= 15 is 0 Å². The van der Waals surface area contributed by atoms with Crippen LogP contribution in [-0.4, -0.2) is 29.0 Å². The van der Waals surface area contributed by atoms with Gasteiger partial charge in [0.1, 0.15) is 0 Å². The molecule has 1 aliphatic heterocycles. The first kappa shape index (κ1) is 17.0. The number of aromatic nitrogens is 2. The van der Waals surface area contributed by atoms with Gasteiger partial charge in [0.15, 0.2) is 0 Å².